The van der Waals surface area contributed by atoms with Gasteiger partial charge in [-0.15, -0.1) is 0 Å². The summed E-state index contributed by atoms with van der Waals surface area (Å²) in [5, 5.41) is 0. The minimum atomic E-state index is -3.44. The van der Waals surface area contributed by atoms with Gasteiger partial charge in [-0.25, -0.2) is 13.1 Å². The molecule has 6 nitrogen and oxygen atoms in total. The zero-order chi connectivity index (χ0) is 13.9. The van der Waals surface area contributed by atoms with Gasteiger partial charge in [0.25, 0.3) is 0 Å². The van der Waals surface area contributed by atoms with E-state index >= 15 is 0 Å². The standard InChI is InChI=1S/C12H21N3O3S/c1-18-6-2-5-14-19(16,17)12-7-11(8-13)15(9-12)10-3-4-10/h7,9-10,14H,2-6,8,13H2,1H3. The molecule has 1 heterocycles. The minimum Gasteiger partial charge on any atom is -0.385 e. The summed E-state index contributed by atoms with van der Waals surface area (Å²) in [6.07, 6.45) is 4.55. The Morgan fingerprint density at radius 1 is 1.53 bits per heavy atom. The van der Waals surface area contributed by atoms with Crippen LogP contribution in [-0.2, 0) is 21.3 Å². The molecule has 1 aromatic rings. The fourth-order valence-electron chi connectivity index (χ4n) is 2.01. The van der Waals surface area contributed by atoms with Crippen LogP contribution in [0, 0.1) is 0 Å². The highest BCUT2D eigenvalue weighted by molar-refractivity contribution is 7.89. The van der Waals surface area contributed by atoms with Crippen molar-refractivity contribution in [3.63, 3.8) is 0 Å². The number of aromatic nitrogens is 1. The summed E-state index contributed by atoms with van der Waals surface area (Å²) in [7, 11) is -1.85. The van der Waals surface area contributed by atoms with E-state index in [1.807, 2.05) is 4.57 Å². The Morgan fingerprint density at radius 2 is 2.26 bits per heavy atom. The maximum Gasteiger partial charge on any atom is 0.242 e. The van der Waals surface area contributed by atoms with Gasteiger partial charge in [0.05, 0.1) is 4.90 Å². The van der Waals surface area contributed by atoms with Gasteiger partial charge >= 0.3 is 0 Å². The predicted octanol–water partition coefficient (Wildman–Crippen LogP) is 0.597. The van der Waals surface area contributed by atoms with Gasteiger partial charge in [-0.3, -0.25) is 0 Å². The van der Waals surface area contributed by atoms with E-state index in [1.165, 1.54) is 0 Å². The van der Waals surface area contributed by atoms with E-state index in [-0.39, 0.29) is 0 Å². The minimum absolute atomic E-state index is 0.303. The molecule has 0 radical (unpaired) electrons. The Morgan fingerprint density at radius 3 is 2.84 bits per heavy atom. The number of nitrogens with one attached hydrogen (secondary N) is 1. The number of methoxy groups -OCH3 is 1. The summed E-state index contributed by atoms with van der Waals surface area (Å²) >= 11 is 0. The van der Waals surface area contributed by atoms with Crippen LogP contribution in [0.2, 0.25) is 0 Å². The molecular weight excluding hydrogens is 266 g/mol. The molecule has 1 aliphatic rings. The van der Waals surface area contributed by atoms with Crippen molar-refractivity contribution in [2.24, 2.45) is 5.73 Å². The van der Waals surface area contributed by atoms with Crippen LogP contribution in [0.3, 0.4) is 0 Å². The summed E-state index contributed by atoms with van der Waals surface area (Å²) in [4.78, 5) is 0.303. The first-order chi connectivity index (χ1) is 9.08. The van der Waals surface area contributed by atoms with E-state index in [0.29, 0.717) is 37.1 Å². The Kier molecular flexibility index (Phi) is 4.62. The predicted molar refractivity (Wildman–Crippen MR) is 72.3 cm³/mol. The largest absolute Gasteiger partial charge is 0.385 e. The molecule has 0 spiro atoms. The van der Waals surface area contributed by atoms with Gasteiger partial charge in [-0.05, 0) is 25.3 Å². The average Bonchev–Trinajstić information content (AvgIpc) is 3.13. The summed E-state index contributed by atoms with van der Waals surface area (Å²) in [5.41, 5.74) is 6.53. The molecule has 108 valence electrons. The maximum absolute atomic E-state index is 12.1. The first-order valence-electron chi connectivity index (χ1n) is 6.48. The third-order valence-corrected chi connectivity index (χ3v) is 4.61. The molecule has 0 atom stereocenters. The van der Waals surface area contributed by atoms with Crippen molar-refractivity contribution in [3.05, 3.63) is 18.0 Å². The van der Waals surface area contributed by atoms with Gasteiger partial charge in [0, 0.05) is 44.7 Å². The summed E-state index contributed by atoms with van der Waals surface area (Å²) in [6, 6.07) is 2.09. The van der Waals surface area contributed by atoms with Crippen molar-refractivity contribution >= 4 is 10.0 Å². The third kappa shape index (κ3) is 3.56. The van der Waals surface area contributed by atoms with Crippen molar-refractivity contribution in [2.75, 3.05) is 20.3 Å². The van der Waals surface area contributed by atoms with Gasteiger partial charge in [-0.2, -0.15) is 0 Å². The molecular formula is C12H21N3O3S. The van der Waals surface area contributed by atoms with Crippen molar-refractivity contribution in [1.29, 1.82) is 0 Å². The summed E-state index contributed by atoms with van der Waals surface area (Å²) in [6.45, 7) is 1.28. The second-order valence-electron chi connectivity index (χ2n) is 4.75. The Labute approximate surface area is 114 Å². The van der Waals surface area contributed by atoms with Gasteiger partial charge < -0.3 is 15.0 Å². The molecule has 1 fully saturated rings. The van der Waals surface area contributed by atoms with Crippen LogP contribution in [0.4, 0.5) is 0 Å². The molecule has 3 N–H and O–H groups in total. The van der Waals surface area contributed by atoms with Crippen LogP contribution in [-0.4, -0.2) is 33.2 Å². The maximum atomic E-state index is 12.1. The normalized spacial score (nSPS) is 15.9. The van der Waals surface area contributed by atoms with Crippen molar-refractivity contribution < 1.29 is 13.2 Å². The number of rotatable bonds is 8. The topological polar surface area (TPSA) is 86.3 Å². The Hall–Kier alpha value is -0.890. The lowest BCUT2D eigenvalue weighted by Crippen LogP contribution is -2.25. The SMILES string of the molecule is COCCCNS(=O)(=O)c1cc(CN)n(C2CC2)c1. The molecule has 0 aromatic carbocycles. The highest BCUT2D eigenvalue weighted by Crippen LogP contribution is 2.37. The lowest BCUT2D eigenvalue weighted by molar-refractivity contribution is 0.196. The number of sulfonamides is 1. The fraction of sp³-hybridized carbons (Fsp3) is 0.667. The average molecular weight is 287 g/mol. The number of hydrogen-bond donors (Lipinski definition) is 2. The van der Waals surface area contributed by atoms with Crippen LogP contribution in [0.1, 0.15) is 31.0 Å². The van der Waals surface area contributed by atoms with Crippen LogP contribution in [0.5, 0.6) is 0 Å². The number of hydrogen-bond acceptors (Lipinski definition) is 4. The number of nitrogens with zero attached hydrogens (tertiary/aromatic N) is 1. The second-order valence-corrected chi connectivity index (χ2v) is 6.52. The van der Waals surface area contributed by atoms with E-state index in [0.717, 1.165) is 18.5 Å². The zero-order valence-electron chi connectivity index (χ0n) is 11.1. The van der Waals surface area contributed by atoms with E-state index < -0.39 is 10.0 Å². The number of ether oxygens (including phenoxy) is 1. The third-order valence-electron chi connectivity index (χ3n) is 3.18. The van der Waals surface area contributed by atoms with Gasteiger partial charge in [0.15, 0.2) is 0 Å². The Balaban J connectivity index is 2.07. The van der Waals surface area contributed by atoms with Gasteiger partial charge in [0.1, 0.15) is 0 Å². The summed E-state index contributed by atoms with van der Waals surface area (Å²) < 4.78 is 33.7. The van der Waals surface area contributed by atoms with Crippen LogP contribution in [0.15, 0.2) is 17.2 Å². The highest BCUT2D eigenvalue weighted by Gasteiger charge is 2.27. The first kappa shape index (κ1) is 14.5. The molecule has 0 unspecified atom stereocenters. The fourth-order valence-corrected chi connectivity index (χ4v) is 3.13. The Bertz CT molecular complexity index is 520. The van der Waals surface area contributed by atoms with Crippen molar-refractivity contribution in [3.8, 4) is 0 Å². The van der Waals surface area contributed by atoms with Gasteiger partial charge in [-0.1, -0.05) is 0 Å². The van der Waals surface area contributed by atoms with Crippen molar-refractivity contribution in [2.45, 2.75) is 36.7 Å². The first-order valence-corrected chi connectivity index (χ1v) is 7.96. The van der Waals surface area contributed by atoms with E-state index in [9.17, 15) is 8.42 Å². The smallest absolute Gasteiger partial charge is 0.242 e. The zero-order valence-corrected chi connectivity index (χ0v) is 11.9. The molecule has 0 bridgehead atoms. The summed E-state index contributed by atoms with van der Waals surface area (Å²) in [5.74, 6) is 0. The molecule has 7 heteroatoms. The van der Waals surface area contributed by atoms with Crippen LogP contribution < -0.4 is 10.5 Å². The van der Waals surface area contributed by atoms with E-state index in [4.69, 9.17) is 10.5 Å². The van der Waals surface area contributed by atoms with E-state index in [2.05, 4.69) is 4.72 Å². The second kappa shape index (κ2) is 6.04. The molecule has 1 aliphatic carbocycles. The van der Waals surface area contributed by atoms with Crippen LogP contribution >= 0.6 is 0 Å². The lowest BCUT2D eigenvalue weighted by atomic mass is 10.4. The van der Waals surface area contributed by atoms with Crippen molar-refractivity contribution in [1.82, 2.24) is 9.29 Å². The molecule has 1 saturated carbocycles. The lowest BCUT2D eigenvalue weighted by Gasteiger charge is -2.04. The number of nitrogens with two attached hydrogens (primary N) is 1. The molecule has 1 aromatic heterocycles. The molecule has 0 amide bonds. The monoisotopic (exact) mass is 287 g/mol. The molecule has 2 rings (SSSR count). The molecule has 0 saturated heterocycles. The quantitative estimate of drug-likeness (QED) is 0.685. The van der Waals surface area contributed by atoms with Gasteiger partial charge in [0.2, 0.25) is 10.0 Å². The highest BCUT2D eigenvalue weighted by atomic mass is 32.2. The van der Waals surface area contributed by atoms with E-state index in [1.54, 1.807) is 19.4 Å². The van der Waals surface area contributed by atoms with Crippen LogP contribution in [0.25, 0.3) is 0 Å². The molecule has 19 heavy (non-hydrogen) atoms. The molecule has 0 aliphatic heterocycles.